The van der Waals surface area contributed by atoms with Crippen molar-refractivity contribution in [3.63, 3.8) is 0 Å². The molecule has 1 aromatic carbocycles. The number of ketones is 1. The first-order chi connectivity index (χ1) is 12.8. The Morgan fingerprint density at radius 2 is 2.15 bits per heavy atom. The van der Waals surface area contributed by atoms with Crippen LogP contribution in [0.4, 0.5) is 5.69 Å². The zero-order chi connectivity index (χ0) is 19.4. The van der Waals surface area contributed by atoms with Crippen LogP contribution in [0.2, 0.25) is 0 Å². The maximum atomic E-state index is 12.1. The number of anilines is 1. The molecule has 0 bridgehead atoms. The molecule has 1 aliphatic heterocycles. The van der Waals surface area contributed by atoms with Crippen molar-refractivity contribution in [3.8, 4) is 0 Å². The summed E-state index contributed by atoms with van der Waals surface area (Å²) in [6.45, 7) is 1.46. The molecular formula is C17H19N3O5S2. The van der Waals surface area contributed by atoms with Crippen molar-refractivity contribution in [2.24, 2.45) is 5.92 Å². The van der Waals surface area contributed by atoms with E-state index in [1.54, 1.807) is 24.3 Å². The second-order valence-electron chi connectivity index (χ2n) is 6.41. The number of hydrogen-bond acceptors (Lipinski definition) is 8. The summed E-state index contributed by atoms with van der Waals surface area (Å²) in [5, 5.41) is 10.8. The highest BCUT2D eigenvalue weighted by molar-refractivity contribution is 7.99. The number of benzene rings is 1. The zero-order valence-electron chi connectivity index (χ0n) is 14.7. The molecule has 2 heterocycles. The fourth-order valence-corrected chi connectivity index (χ4v) is 5.24. The van der Waals surface area contributed by atoms with Crippen molar-refractivity contribution >= 4 is 39.0 Å². The lowest BCUT2D eigenvalue weighted by molar-refractivity contribution is -0.113. The second-order valence-corrected chi connectivity index (χ2v) is 9.56. The number of carbonyl (C=O) groups is 2. The maximum Gasteiger partial charge on any atom is 0.277 e. The Kier molecular flexibility index (Phi) is 5.95. The van der Waals surface area contributed by atoms with Gasteiger partial charge in [0.2, 0.25) is 11.8 Å². The summed E-state index contributed by atoms with van der Waals surface area (Å²) >= 11 is 1.10. The predicted molar refractivity (Wildman–Crippen MR) is 101 cm³/mol. The normalized spacial score (nSPS) is 18.3. The Hall–Kier alpha value is -2.20. The van der Waals surface area contributed by atoms with Crippen molar-refractivity contribution in [2.75, 3.05) is 22.6 Å². The topological polar surface area (TPSA) is 119 Å². The molecule has 144 valence electrons. The number of nitrogens with one attached hydrogen (secondary N) is 1. The number of carbonyl (C=O) groups excluding carboxylic acids is 2. The standard InChI is InChI=1S/C17H19N3O5S2/c1-11(21)13-3-2-4-14(8-13)18-15(22)9-26-17-20-19-16(25-17)7-12-5-6-27(23,24)10-12/h2-4,8,12H,5-7,9-10H2,1H3,(H,18,22)/t12-/m1/s1. The third kappa shape index (κ3) is 5.64. The molecule has 27 heavy (non-hydrogen) atoms. The number of hydrogen-bond donors (Lipinski definition) is 1. The predicted octanol–water partition coefficient (Wildman–Crippen LogP) is 1.98. The minimum absolute atomic E-state index is 0.00477. The van der Waals surface area contributed by atoms with Gasteiger partial charge < -0.3 is 9.73 Å². The van der Waals surface area contributed by atoms with Gasteiger partial charge in [0.15, 0.2) is 15.6 Å². The molecule has 8 nitrogen and oxygen atoms in total. The fraction of sp³-hybridized carbons (Fsp3) is 0.412. The molecule has 1 amide bonds. The first kappa shape index (κ1) is 19.6. The Labute approximate surface area is 161 Å². The molecule has 0 unspecified atom stereocenters. The number of nitrogens with zero attached hydrogens (tertiary/aromatic N) is 2. The summed E-state index contributed by atoms with van der Waals surface area (Å²) in [4.78, 5) is 23.4. The van der Waals surface area contributed by atoms with Crippen LogP contribution in [0.25, 0.3) is 0 Å². The SMILES string of the molecule is CC(=O)c1cccc(NC(=O)CSc2nnc(C[C@H]3CCS(=O)(=O)C3)o2)c1. The van der Waals surface area contributed by atoms with Crippen LogP contribution in [-0.4, -0.2) is 47.6 Å². The van der Waals surface area contributed by atoms with Gasteiger partial charge in [-0.05, 0) is 31.4 Å². The number of thioether (sulfide) groups is 1. The number of sulfone groups is 1. The molecule has 0 spiro atoms. The fourth-order valence-electron chi connectivity index (χ4n) is 2.80. The number of Topliss-reactive ketones (excluding diaryl/α,β-unsaturated/α-hetero) is 1. The van der Waals surface area contributed by atoms with Gasteiger partial charge in [0.1, 0.15) is 0 Å². The van der Waals surface area contributed by atoms with Crippen LogP contribution >= 0.6 is 11.8 Å². The molecule has 1 aliphatic rings. The largest absolute Gasteiger partial charge is 0.416 e. The minimum atomic E-state index is -2.94. The van der Waals surface area contributed by atoms with E-state index in [0.29, 0.717) is 30.0 Å². The minimum Gasteiger partial charge on any atom is -0.416 e. The van der Waals surface area contributed by atoms with Gasteiger partial charge in [0.05, 0.1) is 17.3 Å². The molecule has 0 aliphatic carbocycles. The first-order valence-electron chi connectivity index (χ1n) is 8.37. The van der Waals surface area contributed by atoms with E-state index in [4.69, 9.17) is 4.42 Å². The summed E-state index contributed by atoms with van der Waals surface area (Å²) in [5.41, 5.74) is 1.07. The maximum absolute atomic E-state index is 12.1. The van der Waals surface area contributed by atoms with Crippen molar-refractivity contribution in [1.82, 2.24) is 10.2 Å². The van der Waals surface area contributed by atoms with E-state index >= 15 is 0 Å². The second kappa shape index (κ2) is 8.22. The van der Waals surface area contributed by atoms with Gasteiger partial charge in [0.25, 0.3) is 5.22 Å². The lowest BCUT2D eigenvalue weighted by Crippen LogP contribution is -2.14. The van der Waals surface area contributed by atoms with E-state index in [9.17, 15) is 18.0 Å². The summed E-state index contributed by atoms with van der Waals surface area (Å²) in [5.74, 6) is 0.484. The Bertz CT molecular complexity index is 955. The number of rotatable bonds is 7. The van der Waals surface area contributed by atoms with Crippen molar-refractivity contribution in [1.29, 1.82) is 0 Å². The van der Waals surface area contributed by atoms with Crippen molar-refractivity contribution in [2.45, 2.75) is 25.0 Å². The molecule has 1 saturated heterocycles. The van der Waals surface area contributed by atoms with Crippen LogP contribution in [0.5, 0.6) is 0 Å². The number of aromatic nitrogens is 2. The van der Waals surface area contributed by atoms with Crippen LogP contribution in [0.1, 0.15) is 29.6 Å². The van der Waals surface area contributed by atoms with E-state index < -0.39 is 9.84 Å². The molecule has 2 aromatic rings. The Morgan fingerprint density at radius 3 is 2.85 bits per heavy atom. The van der Waals surface area contributed by atoms with Crippen LogP contribution in [0, 0.1) is 5.92 Å². The van der Waals surface area contributed by atoms with Crippen LogP contribution in [0.3, 0.4) is 0 Å². The van der Waals surface area contributed by atoms with Gasteiger partial charge in [-0.3, -0.25) is 9.59 Å². The van der Waals surface area contributed by atoms with Gasteiger partial charge in [0, 0.05) is 17.7 Å². The smallest absolute Gasteiger partial charge is 0.277 e. The molecule has 1 fully saturated rings. The Morgan fingerprint density at radius 1 is 1.33 bits per heavy atom. The van der Waals surface area contributed by atoms with E-state index in [0.717, 1.165) is 11.8 Å². The highest BCUT2D eigenvalue weighted by Gasteiger charge is 2.29. The summed E-state index contributed by atoms with van der Waals surface area (Å²) in [6, 6.07) is 6.70. The summed E-state index contributed by atoms with van der Waals surface area (Å²) in [6.07, 6.45) is 1.03. The van der Waals surface area contributed by atoms with Gasteiger partial charge in [-0.25, -0.2) is 8.42 Å². The molecule has 0 radical (unpaired) electrons. The zero-order valence-corrected chi connectivity index (χ0v) is 16.3. The van der Waals surface area contributed by atoms with Gasteiger partial charge in [-0.15, -0.1) is 10.2 Å². The first-order valence-corrected chi connectivity index (χ1v) is 11.2. The molecule has 10 heteroatoms. The Balaban J connectivity index is 1.49. The van der Waals surface area contributed by atoms with Gasteiger partial charge in [-0.2, -0.15) is 0 Å². The van der Waals surface area contributed by atoms with E-state index in [1.807, 2.05) is 0 Å². The van der Waals surface area contributed by atoms with Crippen LogP contribution in [0.15, 0.2) is 33.9 Å². The molecule has 1 atom stereocenters. The van der Waals surface area contributed by atoms with Crippen molar-refractivity contribution < 1.29 is 22.4 Å². The van der Waals surface area contributed by atoms with E-state index in [2.05, 4.69) is 15.5 Å². The monoisotopic (exact) mass is 409 g/mol. The van der Waals surface area contributed by atoms with Gasteiger partial charge in [-0.1, -0.05) is 23.9 Å². The average molecular weight is 409 g/mol. The molecule has 3 rings (SSSR count). The highest BCUT2D eigenvalue weighted by Crippen LogP contribution is 2.24. The molecule has 1 N–H and O–H groups in total. The van der Waals surface area contributed by atoms with Crippen LogP contribution in [-0.2, 0) is 21.1 Å². The molecular weight excluding hydrogens is 390 g/mol. The highest BCUT2D eigenvalue weighted by atomic mass is 32.2. The number of amides is 1. The lowest BCUT2D eigenvalue weighted by atomic mass is 10.1. The summed E-state index contributed by atoms with van der Waals surface area (Å²) in [7, 11) is -2.94. The quantitative estimate of drug-likeness (QED) is 0.544. The van der Waals surface area contributed by atoms with Gasteiger partial charge >= 0.3 is 0 Å². The van der Waals surface area contributed by atoms with Crippen molar-refractivity contribution in [3.05, 3.63) is 35.7 Å². The third-order valence-electron chi connectivity index (χ3n) is 4.12. The molecule has 0 saturated carbocycles. The van der Waals surface area contributed by atoms with E-state index in [-0.39, 0.29) is 40.1 Å². The van der Waals surface area contributed by atoms with Crippen LogP contribution < -0.4 is 5.32 Å². The lowest BCUT2D eigenvalue weighted by Gasteiger charge is -2.05. The third-order valence-corrected chi connectivity index (χ3v) is 6.77. The average Bonchev–Trinajstić information content (AvgIpc) is 3.19. The summed E-state index contributed by atoms with van der Waals surface area (Å²) < 4.78 is 28.5. The van der Waals surface area contributed by atoms with E-state index in [1.165, 1.54) is 6.92 Å². The molecule has 1 aromatic heterocycles.